The Morgan fingerprint density at radius 1 is 1.11 bits per heavy atom. The number of hydrogen-bond acceptors (Lipinski definition) is 8. The first-order valence-electron chi connectivity index (χ1n) is 15.2. The van der Waals surface area contributed by atoms with Gasteiger partial charge in [-0.3, -0.25) is 4.98 Å². The van der Waals surface area contributed by atoms with Crippen LogP contribution in [0.15, 0.2) is 47.4 Å². The largest absolute Gasteiger partial charge is 0.444 e. The molecule has 0 radical (unpaired) electrons. The molecular formula is C34H36FN7O3. The Morgan fingerprint density at radius 2 is 1.80 bits per heavy atom. The lowest BCUT2D eigenvalue weighted by Crippen LogP contribution is -2.56. The Morgan fingerprint density at radius 3 is 2.42 bits per heavy atom. The molecule has 232 valence electrons. The summed E-state index contributed by atoms with van der Waals surface area (Å²) >= 11 is 0. The first kappa shape index (κ1) is 30.2. The smallest absolute Gasteiger partial charge is 0.410 e. The van der Waals surface area contributed by atoms with Crippen molar-refractivity contribution in [3.05, 3.63) is 75.7 Å². The molecule has 2 unspecified atom stereocenters. The number of halogens is 1. The van der Waals surface area contributed by atoms with E-state index in [1.54, 1.807) is 35.4 Å². The molecule has 0 N–H and O–H groups in total. The number of nitrogens with zero attached hydrogens (tertiary/aromatic N) is 7. The molecule has 4 aromatic rings. The molecule has 0 spiro atoms. The van der Waals surface area contributed by atoms with E-state index in [1.807, 2.05) is 47.6 Å². The van der Waals surface area contributed by atoms with Crippen molar-refractivity contribution in [2.45, 2.75) is 78.0 Å². The normalized spacial score (nSPS) is 18.0. The highest BCUT2D eigenvalue weighted by atomic mass is 19.1. The molecule has 6 rings (SSSR count). The molecule has 3 aromatic heterocycles. The Balaban J connectivity index is 1.59. The number of aromatic nitrogens is 4. The van der Waals surface area contributed by atoms with Crippen molar-refractivity contribution >= 4 is 22.9 Å². The van der Waals surface area contributed by atoms with Gasteiger partial charge in [-0.1, -0.05) is 26.0 Å². The van der Waals surface area contributed by atoms with Crippen LogP contribution in [0.5, 0.6) is 0 Å². The standard InChI is InChI=1S/C34H36FN7O3/c1-19(2)27-29(20(3)13-14-37-27)42-30-25(15-21(16-36)28(38-30)24-9-7-8-10-26(24)35)31(39-32(42)43)41-22-11-12-23(41)18-40(17-22)33(44)45-34(4,5)6/h7-10,13-15,19,22-23H,11-12,17-18H2,1-6H3. The average Bonchev–Trinajstić information content (AvgIpc) is 3.23. The van der Waals surface area contributed by atoms with Crippen molar-refractivity contribution < 1.29 is 13.9 Å². The van der Waals surface area contributed by atoms with Gasteiger partial charge in [0.05, 0.1) is 28.0 Å². The molecule has 45 heavy (non-hydrogen) atoms. The summed E-state index contributed by atoms with van der Waals surface area (Å²) in [7, 11) is 0. The van der Waals surface area contributed by atoms with E-state index in [0.717, 1.165) is 18.4 Å². The van der Waals surface area contributed by atoms with Crippen LogP contribution < -0.4 is 10.6 Å². The van der Waals surface area contributed by atoms with Crippen LogP contribution in [0.4, 0.5) is 15.0 Å². The van der Waals surface area contributed by atoms with Crippen LogP contribution in [-0.2, 0) is 4.74 Å². The van der Waals surface area contributed by atoms with Crippen molar-refractivity contribution in [2.75, 3.05) is 18.0 Å². The van der Waals surface area contributed by atoms with E-state index >= 15 is 4.39 Å². The van der Waals surface area contributed by atoms with Gasteiger partial charge in [0.15, 0.2) is 5.65 Å². The summed E-state index contributed by atoms with van der Waals surface area (Å²) in [6, 6.07) is 11.6. The monoisotopic (exact) mass is 609 g/mol. The van der Waals surface area contributed by atoms with Crippen LogP contribution in [0, 0.1) is 24.1 Å². The number of fused-ring (bicyclic) bond motifs is 3. The minimum atomic E-state index is -0.621. The number of nitriles is 1. The number of carbonyl (C=O) groups excluding carboxylic acids is 1. The van der Waals surface area contributed by atoms with Crippen LogP contribution >= 0.6 is 0 Å². The van der Waals surface area contributed by atoms with Gasteiger partial charge in [0.1, 0.15) is 23.3 Å². The summed E-state index contributed by atoms with van der Waals surface area (Å²) in [5.41, 5.74) is 1.60. The number of anilines is 1. The molecule has 2 aliphatic rings. The summed E-state index contributed by atoms with van der Waals surface area (Å²) in [6.45, 7) is 12.2. The zero-order valence-electron chi connectivity index (χ0n) is 26.3. The number of amides is 1. The second kappa shape index (κ2) is 11.3. The molecule has 0 aliphatic carbocycles. The second-order valence-corrected chi connectivity index (χ2v) is 13.1. The van der Waals surface area contributed by atoms with Crippen molar-refractivity contribution in [2.24, 2.45) is 0 Å². The first-order chi connectivity index (χ1) is 21.4. The Labute approximate surface area is 261 Å². The van der Waals surface area contributed by atoms with E-state index < -0.39 is 17.1 Å². The third-order valence-electron chi connectivity index (χ3n) is 8.40. The zero-order chi connectivity index (χ0) is 32.2. The minimum Gasteiger partial charge on any atom is -0.444 e. The van der Waals surface area contributed by atoms with Gasteiger partial charge in [0.25, 0.3) is 0 Å². The van der Waals surface area contributed by atoms with E-state index in [2.05, 4.69) is 20.9 Å². The summed E-state index contributed by atoms with van der Waals surface area (Å²) in [4.78, 5) is 45.1. The Kier molecular flexibility index (Phi) is 7.55. The number of carbonyl (C=O) groups is 1. The van der Waals surface area contributed by atoms with Crippen molar-refractivity contribution in [3.8, 4) is 23.0 Å². The average molecular weight is 610 g/mol. The molecule has 2 aliphatic heterocycles. The maximum atomic E-state index is 15.1. The summed E-state index contributed by atoms with van der Waals surface area (Å²) in [5, 5.41) is 10.7. The molecule has 2 atom stereocenters. The van der Waals surface area contributed by atoms with E-state index in [-0.39, 0.29) is 46.6 Å². The lowest BCUT2D eigenvalue weighted by atomic mass is 10.0. The van der Waals surface area contributed by atoms with Crippen LogP contribution in [0.3, 0.4) is 0 Å². The number of ether oxygens (including phenoxy) is 1. The fourth-order valence-corrected chi connectivity index (χ4v) is 6.48. The van der Waals surface area contributed by atoms with E-state index in [0.29, 0.717) is 35.7 Å². The van der Waals surface area contributed by atoms with Crippen molar-refractivity contribution in [3.63, 3.8) is 0 Å². The molecular weight excluding hydrogens is 573 g/mol. The number of aryl methyl sites for hydroxylation is 1. The van der Waals surface area contributed by atoms with Gasteiger partial charge in [-0.2, -0.15) is 10.2 Å². The number of likely N-dealkylation sites (tertiary alicyclic amines) is 1. The van der Waals surface area contributed by atoms with Crippen LogP contribution in [0.1, 0.15) is 70.2 Å². The second-order valence-electron chi connectivity index (χ2n) is 13.1. The van der Waals surface area contributed by atoms with Gasteiger partial charge in [-0.15, -0.1) is 0 Å². The zero-order valence-corrected chi connectivity index (χ0v) is 26.3. The van der Waals surface area contributed by atoms with Gasteiger partial charge in [0, 0.05) is 36.9 Å². The molecule has 1 amide bonds. The quantitative estimate of drug-likeness (QED) is 0.282. The number of piperazine rings is 1. The third kappa shape index (κ3) is 5.39. The summed E-state index contributed by atoms with van der Waals surface area (Å²) in [6.07, 6.45) is 2.92. The van der Waals surface area contributed by atoms with Crippen LogP contribution in [0.25, 0.3) is 28.0 Å². The first-order valence-corrected chi connectivity index (χ1v) is 15.2. The lowest BCUT2D eigenvalue weighted by molar-refractivity contribution is 0.0209. The fourth-order valence-electron chi connectivity index (χ4n) is 6.48. The van der Waals surface area contributed by atoms with Gasteiger partial charge in [-0.25, -0.2) is 23.5 Å². The van der Waals surface area contributed by atoms with Gasteiger partial charge in [0.2, 0.25) is 0 Å². The van der Waals surface area contributed by atoms with Crippen molar-refractivity contribution in [1.82, 2.24) is 24.4 Å². The van der Waals surface area contributed by atoms with E-state index in [1.165, 1.54) is 10.6 Å². The summed E-state index contributed by atoms with van der Waals surface area (Å²) in [5.74, 6) is -0.150. The minimum absolute atomic E-state index is 0.0253. The maximum absolute atomic E-state index is 15.1. The van der Waals surface area contributed by atoms with Gasteiger partial charge >= 0.3 is 11.8 Å². The summed E-state index contributed by atoms with van der Waals surface area (Å²) < 4.78 is 22.2. The maximum Gasteiger partial charge on any atom is 0.410 e. The highest BCUT2D eigenvalue weighted by molar-refractivity contribution is 5.92. The predicted molar refractivity (Wildman–Crippen MR) is 169 cm³/mol. The molecule has 2 saturated heterocycles. The molecule has 5 heterocycles. The lowest BCUT2D eigenvalue weighted by Gasteiger charge is -2.42. The van der Waals surface area contributed by atoms with E-state index in [4.69, 9.17) is 9.72 Å². The van der Waals surface area contributed by atoms with E-state index in [9.17, 15) is 14.9 Å². The Bertz CT molecular complexity index is 1910. The van der Waals surface area contributed by atoms with Gasteiger partial charge < -0.3 is 14.5 Å². The highest BCUT2D eigenvalue weighted by Crippen LogP contribution is 2.39. The predicted octanol–water partition coefficient (Wildman–Crippen LogP) is 5.87. The molecule has 0 saturated carbocycles. The van der Waals surface area contributed by atoms with Crippen LogP contribution in [0.2, 0.25) is 0 Å². The fraction of sp³-hybridized carbons (Fsp3) is 0.412. The molecule has 2 fully saturated rings. The topological polar surface area (TPSA) is 117 Å². The number of pyridine rings is 2. The highest BCUT2D eigenvalue weighted by Gasteiger charge is 2.44. The number of rotatable bonds is 4. The van der Waals surface area contributed by atoms with Gasteiger partial charge in [-0.05, 0) is 76.3 Å². The SMILES string of the molecule is Cc1ccnc(C(C)C)c1-n1c(=O)nc(N2C3CCC2CN(C(=O)OC(C)(C)C)C3)c2cc(C#N)c(-c3ccccc3F)nc21. The van der Waals surface area contributed by atoms with Crippen molar-refractivity contribution in [1.29, 1.82) is 5.26 Å². The Hall–Kier alpha value is -4.85. The molecule has 1 aromatic carbocycles. The molecule has 10 nitrogen and oxygen atoms in total. The molecule has 2 bridgehead atoms. The number of benzene rings is 1. The molecule has 11 heteroatoms. The third-order valence-corrected chi connectivity index (χ3v) is 8.40. The number of hydrogen-bond donors (Lipinski definition) is 0. The van der Waals surface area contributed by atoms with Crippen LogP contribution in [-0.4, -0.2) is 61.3 Å².